The smallest absolute Gasteiger partial charge is 0.251 e. The number of hydrogen-bond acceptors (Lipinski definition) is 3. The van der Waals surface area contributed by atoms with Crippen LogP contribution in [0.5, 0.6) is 0 Å². The van der Waals surface area contributed by atoms with Gasteiger partial charge in [-0.15, -0.1) is 11.6 Å². The van der Waals surface area contributed by atoms with Gasteiger partial charge in [-0.05, 0) is 36.3 Å². The summed E-state index contributed by atoms with van der Waals surface area (Å²) in [4.78, 5) is 12.3. The number of fused-ring (bicyclic) bond motifs is 1. The number of nitrogens with one attached hydrogen (secondary N) is 2. The molecule has 1 heterocycles. The minimum atomic E-state index is -0.181. The van der Waals surface area contributed by atoms with E-state index in [0.29, 0.717) is 23.8 Å². The van der Waals surface area contributed by atoms with Crippen LogP contribution in [0.25, 0.3) is 10.9 Å². The number of allylic oxidation sites excluding steroid dienone is 3. The van der Waals surface area contributed by atoms with Gasteiger partial charge in [0.2, 0.25) is 0 Å². The van der Waals surface area contributed by atoms with Crippen LogP contribution < -0.4 is 11.1 Å². The van der Waals surface area contributed by atoms with Gasteiger partial charge < -0.3 is 11.1 Å². The third-order valence-electron chi connectivity index (χ3n) is 3.49. The van der Waals surface area contributed by atoms with E-state index in [0.717, 1.165) is 22.0 Å². The predicted octanol–water partition coefficient (Wildman–Crippen LogP) is 3.17. The molecule has 0 unspecified atom stereocenters. The molecule has 0 atom stereocenters. The zero-order valence-electron chi connectivity index (χ0n) is 12.9. The van der Waals surface area contributed by atoms with E-state index in [1.165, 1.54) is 0 Å². The van der Waals surface area contributed by atoms with Crippen molar-refractivity contribution in [2.75, 3.05) is 18.2 Å². The quantitative estimate of drug-likeness (QED) is 0.562. The van der Waals surface area contributed by atoms with Gasteiger partial charge in [0.1, 0.15) is 0 Å². The fourth-order valence-corrected chi connectivity index (χ4v) is 2.39. The fraction of sp³-hybridized carbons (Fsp3) is 0.176. The molecule has 6 heteroatoms. The van der Waals surface area contributed by atoms with Gasteiger partial charge in [-0.3, -0.25) is 9.89 Å². The Morgan fingerprint density at radius 3 is 3.00 bits per heavy atom. The number of carbonyl (C=O) groups excluding carboxylic acids is 1. The van der Waals surface area contributed by atoms with Crippen LogP contribution in [0.4, 0.5) is 5.82 Å². The van der Waals surface area contributed by atoms with Gasteiger partial charge in [0.15, 0.2) is 5.82 Å². The molecule has 0 fully saturated rings. The van der Waals surface area contributed by atoms with Crippen molar-refractivity contribution in [1.82, 2.24) is 15.5 Å². The van der Waals surface area contributed by atoms with Gasteiger partial charge in [0.05, 0.1) is 5.52 Å². The van der Waals surface area contributed by atoms with E-state index in [9.17, 15) is 4.79 Å². The molecule has 5 nitrogen and oxygen atoms in total. The van der Waals surface area contributed by atoms with E-state index >= 15 is 0 Å². The molecule has 23 heavy (non-hydrogen) atoms. The highest BCUT2D eigenvalue weighted by Gasteiger charge is 2.10. The molecule has 2 aromatic rings. The van der Waals surface area contributed by atoms with Crippen molar-refractivity contribution < 1.29 is 4.79 Å². The largest absolute Gasteiger partial charge is 0.382 e. The summed E-state index contributed by atoms with van der Waals surface area (Å²) < 4.78 is 0. The van der Waals surface area contributed by atoms with Crippen molar-refractivity contribution in [2.24, 2.45) is 0 Å². The highest BCUT2D eigenvalue weighted by Crippen LogP contribution is 2.19. The molecule has 0 aliphatic carbocycles. The molecule has 1 amide bonds. The van der Waals surface area contributed by atoms with Crippen molar-refractivity contribution in [3.05, 3.63) is 59.7 Å². The van der Waals surface area contributed by atoms with Crippen molar-refractivity contribution in [1.29, 1.82) is 0 Å². The van der Waals surface area contributed by atoms with E-state index in [1.807, 2.05) is 19.1 Å². The number of hydrogen-bond donors (Lipinski definition) is 3. The summed E-state index contributed by atoms with van der Waals surface area (Å²) in [5, 5.41) is 10.3. The third kappa shape index (κ3) is 4.02. The number of halogens is 1. The number of amides is 1. The topological polar surface area (TPSA) is 83.8 Å². The molecule has 0 aliphatic heterocycles. The number of nitrogen functional groups attached to an aromatic ring is 1. The maximum absolute atomic E-state index is 12.3. The van der Waals surface area contributed by atoms with Crippen LogP contribution in [0.3, 0.4) is 0 Å². The van der Waals surface area contributed by atoms with Crippen molar-refractivity contribution in [3.8, 4) is 0 Å². The number of rotatable bonds is 6. The lowest BCUT2D eigenvalue weighted by atomic mass is 10.1. The van der Waals surface area contributed by atoms with Crippen LogP contribution in [-0.4, -0.2) is 28.5 Å². The van der Waals surface area contributed by atoms with E-state index < -0.39 is 0 Å². The van der Waals surface area contributed by atoms with Crippen LogP contribution in [0.2, 0.25) is 0 Å². The second-order valence-corrected chi connectivity index (χ2v) is 5.33. The van der Waals surface area contributed by atoms with Gasteiger partial charge in [-0.2, -0.15) is 5.10 Å². The van der Waals surface area contributed by atoms with E-state index in [2.05, 4.69) is 22.1 Å². The molecular formula is C17H19ClN4O. The summed E-state index contributed by atoms with van der Waals surface area (Å²) in [5.41, 5.74) is 9.06. The SMILES string of the molecule is C=C/C=C(C)\C(=C/CCl)CNC(=O)c1ccc2[nH]nc(N)c2c1. The average molecular weight is 331 g/mol. The number of aromatic nitrogens is 2. The zero-order chi connectivity index (χ0) is 16.8. The van der Waals surface area contributed by atoms with Crippen LogP contribution in [0.1, 0.15) is 17.3 Å². The standard InChI is InChI=1S/C17H19ClN4O/c1-3-4-11(2)13(7-8-18)10-20-17(23)12-5-6-15-14(9-12)16(19)22-21-15/h3-7,9H,1,8,10H2,2H3,(H,20,23)(H3,19,21,22)/b11-4-,13-7-. The summed E-state index contributed by atoms with van der Waals surface area (Å²) in [6.45, 7) is 6.01. The van der Waals surface area contributed by atoms with Crippen LogP contribution in [0.15, 0.2) is 54.2 Å². The van der Waals surface area contributed by atoms with Crippen molar-refractivity contribution >= 4 is 34.2 Å². The summed E-state index contributed by atoms with van der Waals surface area (Å²) in [6, 6.07) is 5.24. The molecule has 0 bridgehead atoms. The summed E-state index contributed by atoms with van der Waals surface area (Å²) in [5.74, 6) is 0.576. The molecule has 120 valence electrons. The normalized spacial score (nSPS) is 12.4. The van der Waals surface area contributed by atoms with Crippen LogP contribution >= 0.6 is 11.6 Å². The highest BCUT2D eigenvalue weighted by atomic mass is 35.5. The Kier molecular flexibility index (Phi) is 5.60. The summed E-state index contributed by atoms with van der Waals surface area (Å²) in [7, 11) is 0. The number of H-pyrrole nitrogens is 1. The summed E-state index contributed by atoms with van der Waals surface area (Å²) >= 11 is 5.78. The Hall–Kier alpha value is -2.53. The molecule has 4 N–H and O–H groups in total. The fourth-order valence-electron chi connectivity index (χ4n) is 2.20. The van der Waals surface area contributed by atoms with Crippen LogP contribution in [0, 0.1) is 0 Å². The average Bonchev–Trinajstić information content (AvgIpc) is 2.92. The second-order valence-electron chi connectivity index (χ2n) is 5.02. The number of nitrogens with two attached hydrogens (primary N) is 1. The minimum absolute atomic E-state index is 0.181. The second kappa shape index (κ2) is 7.65. The van der Waals surface area contributed by atoms with Gasteiger partial charge in [-0.1, -0.05) is 24.8 Å². The number of benzene rings is 1. The molecule has 1 aromatic carbocycles. The number of aromatic amines is 1. The third-order valence-corrected chi connectivity index (χ3v) is 3.65. The van der Waals surface area contributed by atoms with E-state index in [1.54, 1.807) is 24.3 Å². The Labute approximate surface area is 139 Å². The molecule has 2 rings (SSSR count). The molecule has 0 aliphatic rings. The number of anilines is 1. The highest BCUT2D eigenvalue weighted by molar-refractivity contribution is 6.19. The molecule has 0 radical (unpaired) electrons. The Balaban J connectivity index is 2.13. The lowest BCUT2D eigenvalue weighted by Gasteiger charge is -2.10. The van der Waals surface area contributed by atoms with Gasteiger partial charge >= 0.3 is 0 Å². The van der Waals surface area contributed by atoms with E-state index in [-0.39, 0.29) is 5.91 Å². The summed E-state index contributed by atoms with van der Waals surface area (Å²) in [6.07, 6.45) is 5.45. The zero-order valence-corrected chi connectivity index (χ0v) is 13.7. The molecule has 0 spiro atoms. The maximum atomic E-state index is 12.3. The van der Waals surface area contributed by atoms with Gasteiger partial charge in [0.25, 0.3) is 5.91 Å². The first-order valence-electron chi connectivity index (χ1n) is 7.13. The Morgan fingerprint density at radius 2 is 2.30 bits per heavy atom. The van der Waals surface area contributed by atoms with Crippen LogP contribution in [-0.2, 0) is 0 Å². The van der Waals surface area contributed by atoms with Gasteiger partial charge in [-0.25, -0.2) is 0 Å². The first-order chi connectivity index (χ1) is 11.1. The first-order valence-corrected chi connectivity index (χ1v) is 7.66. The van der Waals surface area contributed by atoms with Crippen molar-refractivity contribution in [3.63, 3.8) is 0 Å². The Bertz CT molecular complexity index is 789. The number of nitrogens with zero attached hydrogens (tertiary/aromatic N) is 1. The molecule has 0 saturated carbocycles. The lowest BCUT2D eigenvalue weighted by Crippen LogP contribution is -2.26. The molecule has 1 aromatic heterocycles. The van der Waals surface area contributed by atoms with Crippen molar-refractivity contribution in [2.45, 2.75) is 6.92 Å². The maximum Gasteiger partial charge on any atom is 0.251 e. The first kappa shape index (κ1) is 16.8. The number of alkyl halides is 1. The Morgan fingerprint density at radius 1 is 1.52 bits per heavy atom. The predicted molar refractivity (Wildman–Crippen MR) is 95.6 cm³/mol. The lowest BCUT2D eigenvalue weighted by molar-refractivity contribution is 0.0957. The number of carbonyl (C=O) groups is 1. The minimum Gasteiger partial charge on any atom is -0.382 e. The monoisotopic (exact) mass is 330 g/mol. The molecular weight excluding hydrogens is 312 g/mol. The molecule has 0 saturated heterocycles. The van der Waals surface area contributed by atoms with Gasteiger partial charge in [0, 0.05) is 23.4 Å². The van der Waals surface area contributed by atoms with E-state index in [4.69, 9.17) is 17.3 Å².